The molecule has 5 nitrogen and oxygen atoms in total. The molecule has 2 amide bonds. The van der Waals surface area contributed by atoms with Crippen LogP contribution in [-0.4, -0.2) is 48.3 Å². The maximum absolute atomic E-state index is 12.2. The summed E-state index contributed by atoms with van der Waals surface area (Å²) in [5, 5.41) is 8.55. The van der Waals surface area contributed by atoms with E-state index < -0.39 is 0 Å². The van der Waals surface area contributed by atoms with Gasteiger partial charge in [0, 0.05) is 32.6 Å². The average Bonchev–Trinajstić information content (AvgIpc) is 3.27. The van der Waals surface area contributed by atoms with E-state index in [0.29, 0.717) is 19.5 Å². The van der Waals surface area contributed by atoms with Crippen molar-refractivity contribution in [3.05, 3.63) is 0 Å². The van der Waals surface area contributed by atoms with Crippen LogP contribution < -0.4 is 0 Å². The predicted octanol–water partition coefficient (Wildman–Crippen LogP) is 1.01. The number of rotatable bonds is 4. The maximum atomic E-state index is 12.2. The van der Waals surface area contributed by atoms with Crippen LogP contribution in [-0.2, 0) is 9.59 Å². The molecule has 2 fully saturated rings. The van der Waals surface area contributed by atoms with Gasteiger partial charge in [0.05, 0.1) is 18.4 Å². The summed E-state index contributed by atoms with van der Waals surface area (Å²) in [6, 6.07) is 2.05. The first-order chi connectivity index (χ1) is 9.13. The van der Waals surface area contributed by atoms with Gasteiger partial charge < -0.3 is 9.80 Å². The van der Waals surface area contributed by atoms with Gasteiger partial charge in [-0.1, -0.05) is 0 Å². The van der Waals surface area contributed by atoms with Gasteiger partial charge >= 0.3 is 0 Å². The molecule has 1 heterocycles. The number of likely N-dealkylation sites (tertiary alicyclic amines) is 1. The molecule has 0 aromatic carbocycles. The van der Waals surface area contributed by atoms with Gasteiger partial charge in [-0.3, -0.25) is 9.59 Å². The summed E-state index contributed by atoms with van der Waals surface area (Å²) in [5.74, 6) is 0.450. The first-order valence-electron chi connectivity index (χ1n) is 7.04. The topological polar surface area (TPSA) is 64.4 Å². The molecule has 0 aromatic rings. The Kier molecular flexibility index (Phi) is 4.41. The molecule has 2 rings (SSSR count). The summed E-state index contributed by atoms with van der Waals surface area (Å²) in [6.07, 6.45) is 4.14. The molecule has 2 aliphatic rings. The molecule has 1 saturated heterocycles. The van der Waals surface area contributed by atoms with E-state index in [9.17, 15) is 9.59 Å². The molecule has 0 radical (unpaired) electrons. The molecule has 5 heteroatoms. The lowest BCUT2D eigenvalue weighted by atomic mass is 9.96. The summed E-state index contributed by atoms with van der Waals surface area (Å²) in [6.45, 7) is 1.83. The maximum Gasteiger partial charge on any atom is 0.227 e. The average molecular weight is 263 g/mol. The van der Waals surface area contributed by atoms with Crippen LogP contribution in [0.5, 0.6) is 0 Å². The fourth-order valence-electron chi connectivity index (χ4n) is 2.61. The van der Waals surface area contributed by atoms with E-state index >= 15 is 0 Å². The Bertz CT molecular complexity index is 398. The number of hydrogen-bond donors (Lipinski definition) is 0. The molecular weight excluding hydrogens is 242 g/mol. The second-order valence-electron chi connectivity index (χ2n) is 5.57. The van der Waals surface area contributed by atoms with Gasteiger partial charge in [0.25, 0.3) is 0 Å². The van der Waals surface area contributed by atoms with Crippen molar-refractivity contribution in [2.45, 2.75) is 32.1 Å². The molecule has 0 spiro atoms. The summed E-state index contributed by atoms with van der Waals surface area (Å²) < 4.78 is 0. The normalized spacial score (nSPS) is 22.7. The third-order valence-corrected chi connectivity index (χ3v) is 3.94. The molecule has 1 atom stereocenters. The van der Waals surface area contributed by atoms with Crippen molar-refractivity contribution in [2.75, 3.05) is 26.7 Å². The van der Waals surface area contributed by atoms with Crippen molar-refractivity contribution in [3.8, 4) is 6.07 Å². The van der Waals surface area contributed by atoms with Crippen molar-refractivity contribution in [2.24, 2.45) is 11.8 Å². The quantitative estimate of drug-likeness (QED) is 0.760. The number of nitriles is 1. The summed E-state index contributed by atoms with van der Waals surface area (Å²) in [4.78, 5) is 27.8. The zero-order valence-electron chi connectivity index (χ0n) is 11.5. The number of amides is 2. The van der Waals surface area contributed by atoms with Crippen LogP contribution in [0.2, 0.25) is 0 Å². The Hall–Kier alpha value is -1.57. The van der Waals surface area contributed by atoms with Crippen LogP contribution in [0.1, 0.15) is 32.1 Å². The lowest BCUT2D eigenvalue weighted by Crippen LogP contribution is -2.46. The SMILES string of the molecule is CN(CCC#N)C(=O)[C@@H]1CCCN(C(=O)C2CC2)C1. The van der Waals surface area contributed by atoms with Gasteiger partial charge in [0.2, 0.25) is 11.8 Å². The third-order valence-electron chi connectivity index (χ3n) is 3.94. The van der Waals surface area contributed by atoms with E-state index in [4.69, 9.17) is 5.26 Å². The molecule has 0 unspecified atom stereocenters. The van der Waals surface area contributed by atoms with Gasteiger partial charge in [0.15, 0.2) is 0 Å². The zero-order chi connectivity index (χ0) is 13.8. The zero-order valence-corrected chi connectivity index (χ0v) is 11.5. The minimum absolute atomic E-state index is 0.0727. The lowest BCUT2D eigenvalue weighted by molar-refractivity contribution is -0.140. The molecule has 1 aliphatic carbocycles. The van der Waals surface area contributed by atoms with E-state index in [2.05, 4.69) is 0 Å². The second-order valence-corrected chi connectivity index (χ2v) is 5.57. The highest BCUT2D eigenvalue weighted by molar-refractivity contribution is 5.83. The van der Waals surface area contributed by atoms with Crippen LogP contribution in [0.4, 0.5) is 0 Å². The van der Waals surface area contributed by atoms with Crippen LogP contribution >= 0.6 is 0 Å². The number of carbonyl (C=O) groups excluding carboxylic acids is 2. The smallest absolute Gasteiger partial charge is 0.227 e. The van der Waals surface area contributed by atoms with Crippen LogP contribution in [0.25, 0.3) is 0 Å². The highest BCUT2D eigenvalue weighted by atomic mass is 16.2. The molecule has 1 aliphatic heterocycles. The molecule has 0 aromatic heterocycles. The van der Waals surface area contributed by atoms with Gasteiger partial charge in [-0.25, -0.2) is 0 Å². The van der Waals surface area contributed by atoms with Crippen LogP contribution in [0.3, 0.4) is 0 Å². The molecule has 19 heavy (non-hydrogen) atoms. The summed E-state index contributed by atoms with van der Waals surface area (Å²) in [7, 11) is 1.74. The van der Waals surface area contributed by atoms with E-state index in [0.717, 1.165) is 32.2 Å². The minimum atomic E-state index is -0.0832. The summed E-state index contributed by atoms with van der Waals surface area (Å²) >= 11 is 0. The molecule has 0 N–H and O–H groups in total. The predicted molar refractivity (Wildman–Crippen MR) is 69.9 cm³/mol. The Morgan fingerprint density at radius 1 is 1.32 bits per heavy atom. The Balaban J connectivity index is 1.87. The lowest BCUT2D eigenvalue weighted by Gasteiger charge is -2.34. The van der Waals surface area contributed by atoms with Crippen molar-refractivity contribution < 1.29 is 9.59 Å². The van der Waals surface area contributed by atoms with Crippen molar-refractivity contribution >= 4 is 11.8 Å². The number of carbonyl (C=O) groups is 2. The summed E-state index contributed by atoms with van der Waals surface area (Å²) in [5.41, 5.74) is 0. The Labute approximate surface area is 114 Å². The standard InChI is InChI=1S/C14H21N3O2/c1-16(8-3-7-15)13(18)12-4-2-9-17(10-12)14(19)11-5-6-11/h11-12H,2-6,8-10H2,1H3/t12-/m1/s1. The molecule has 0 bridgehead atoms. The van der Waals surface area contributed by atoms with Gasteiger partial charge in [-0.05, 0) is 25.7 Å². The monoisotopic (exact) mass is 263 g/mol. The fraction of sp³-hybridized carbons (Fsp3) is 0.786. The fourth-order valence-corrected chi connectivity index (χ4v) is 2.61. The number of hydrogen-bond acceptors (Lipinski definition) is 3. The van der Waals surface area contributed by atoms with E-state index in [1.807, 2.05) is 11.0 Å². The van der Waals surface area contributed by atoms with Crippen molar-refractivity contribution in [1.29, 1.82) is 5.26 Å². The van der Waals surface area contributed by atoms with Crippen molar-refractivity contribution in [3.63, 3.8) is 0 Å². The first-order valence-corrected chi connectivity index (χ1v) is 7.04. The minimum Gasteiger partial charge on any atom is -0.344 e. The number of piperidine rings is 1. The van der Waals surface area contributed by atoms with Gasteiger partial charge in [-0.15, -0.1) is 0 Å². The van der Waals surface area contributed by atoms with Crippen LogP contribution in [0.15, 0.2) is 0 Å². The van der Waals surface area contributed by atoms with Crippen LogP contribution in [0, 0.1) is 23.2 Å². The second kappa shape index (κ2) is 6.05. The first kappa shape index (κ1) is 13.9. The van der Waals surface area contributed by atoms with E-state index in [-0.39, 0.29) is 23.7 Å². The van der Waals surface area contributed by atoms with E-state index in [1.165, 1.54) is 0 Å². The Morgan fingerprint density at radius 2 is 2.05 bits per heavy atom. The highest BCUT2D eigenvalue weighted by Gasteiger charge is 2.37. The molecular formula is C14H21N3O2. The largest absolute Gasteiger partial charge is 0.344 e. The van der Waals surface area contributed by atoms with E-state index in [1.54, 1.807) is 11.9 Å². The van der Waals surface area contributed by atoms with Gasteiger partial charge in [-0.2, -0.15) is 5.26 Å². The van der Waals surface area contributed by atoms with Gasteiger partial charge in [0.1, 0.15) is 0 Å². The molecule has 104 valence electrons. The van der Waals surface area contributed by atoms with Crippen molar-refractivity contribution in [1.82, 2.24) is 9.80 Å². The Morgan fingerprint density at radius 3 is 2.68 bits per heavy atom. The third kappa shape index (κ3) is 3.46. The molecule has 1 saturated carbocycles. The highest BCUT2D eigenvalue weighted by Crippen LogP contribution is 2.32. The number of nitrogens with zero attached hydrogens (tertiary/aromatic N) is 3.